The molecule has 0 radical (unpaired) electrons. The maximum atomic E-state index is 14.2. The molecule has 0 aliphatic carbocycles. The van der Waals surface area contributed by atoms with Crippen LogP contribution in [0.1, 0.15) is 24.4 Å². The van der Waals surface area contributed by atoms with Crippen LogP contribution in [-0.4, -0.2) is 80.6 Å². The van der Waals surface area contributed by atoms with Gasteiger partial charge < -0.3 is 9.64 Å². The van der Waals surface area contributed by atoms with E-state index in [-0.39, 0.29) is 11.7 Å². The van der Waals surface area contributed by atoms with E-state index in [0.29, 0.717) is 11.5 Å². The number of piperidine rings is 1. The third kappa shape index (κ3) is 4.61. The second-order valence-corrected chi connectivity index (χ2v) is 7.57. The van der Waals surface area contributed by atoms with Gasteiger partial charge in [0.2, 0.25) is 5.91 Å². The van der Waals surface area contributed by atoms with Gasteiger partial charge in [-0.1, -0.05) is 18.2 Å². The molecule has 0 N–H and O–H groups in total. The Hall–Kier alpha value is -1.50. The number of carbonyl (C=O) groups excluding carboxylic acids is 1. The van der Waals surface area contributed by atoms with Crippen LogP contribution in [0.2, 0.25) is 0 Å². The van der Waals surface area contributed by atoms with Gasteiger partial charge in [0.05, 0.1) is 13.2 Å². The number of morpholine rings is 1. The number of rotatable bonds is 5. The molecule has 1 aromatic carbocycles. The molecule has 2 fully saturated rings. The van der Waals surface area contributed by atoms with Crippen molar-refractivity contribution in [2.75, 3.05) is 60.0 Å². The first kappa shape index (κ1) is 19.3. The van der Waals surface area contributed by atoms with E-state index in [2.05, 4.69) is 4.90 Å². The number of carbonyl (C=O) groups is 1. The Balaban J connectivity index is 1.58. The van der Waals surface area contributed by atoms with E-state index < -0.39 is 6.04 Å². The summed E-state index contributed by atoms with van der Waals surface area (Å²) in [4.78, 5) is 19.3. The summed E-state index contributed by atoms with van der Waals surface area (Å²) in [7, 11) is 3.67. The zero-order valence-corrected chi connectivity index (χ0v) is 15.9. The van der Waals surface area contributed by atoms with Crippen molar-refractivity contribution in [3.05, 3.63) is 35.6 Å². The summed E-state index contributed by atoms with van der Waals surface area (Å²) in [6, 6.07) is 6.02. The van der Waals surface area contributed by atoms with Gasteiger partial charge in [0.1, 0.15) is 11.9 Å². The SMILES string of the molecule is CN(C)[C@@H](C(=O)N1CCC(CN2CCOCC2)CC1)c1ccccc1F. The van der Waals surface area contributed by atoms with Crippen LogP contribution in [0.25, 0.3) is 0 Å². The molecule has 0 aromatic heterocycles. The number of likely N-dealkylation sites (N-methyl/N-ethyl adjacent to an activating group) is 1. The average molecular weight is 363 g/mol. The molecule has 1 aromatic rings. The molecular formula is C20H30FN3O2. The van der Waals surface area contributed by atoms with E-state index in [1.807, 2.05) is 19.0 Å². The molecule has 0 spiro atoms. The van der Waals surface area contributed by atoms with Gasteiger partial charge in [-0.15, -0.1) is 0 Å². The predicted molar refractivity (Wildman–Crippen MR) is 99.4 cm³/mol. The molecule has 0 bridgehead atoms. The highest BCUT2D eigenvalue weighted by Gasteiger charge is 2.32. The minimum Gasteiger partial charge on any atom is -0.379 e. The largest absolute Gasteiger partial charge is 0.379 e. The molecule has 5 nitrogen and oxygen atoms in total. The molecular weight excluding hydrogens is 333 g/mol. The van der Waals surface area contributed by atoms with Gasteiger partial charge in [-0.3, -0.25) is 14.6 Å². The minimum atomic E-state index is -0.563. The van der Waals surface area contributed by atoms with Gasteiger partial charge in [-0.05, 0) is 38.9 Å². The monoisotopic (exact) mass is 363 g/mol. The molecule has 26 heavy (non-hydrogen) atoms. The third-order valence-corrected chi connectivity index (χ3v) is 5.50. The Bertz CT molecular complexity index is 596. The molecule has 1 amide bonds. The Morgan fingerprint density at radius 1 is 1.19 bits per heavy atom. The number of likely N-dealkylation sites (tertiary alicyclic amines) is 1. The van der Waals surface area contributed by atoms with Crippen LogP contribution in [0.5, 0.6) is 0 Å². The van der Waals surface area contributed by atoms with Crippen LogP contribution in [0.15, 0.2) is 24.3 Å². The van der Waals surface area contributed by atoms with Gasteiger partial charge in [0, 0.05) is 38.3 Å². The maximum Gasteiger partial charge on any atom is 0.244 e. The van der Waals surface area contributed by atoms with E-state index in [9.17, 15) is 9.18 Å². The van der Waals surface area contributed by atoms with Crippen molar-refractivity contribution < 1.29 is 13.9 Å². The Kier molecular flexibility index (Phi) is 6.62. The van der Waals surface area contributed by atoms with Crippen molar-refractivity contribution in [1.29, 1.82) is 0 Å². The first-order valence-electron chi connectivity index (χ1n) is 9.56. The first-order valence-corrected chi connectivity index (χ1v) is 9.56. The lowest BCUT2D eigenvalue weighted by atomic mass is 9.94. The van der Waals surface area contributed by atoms with E-state index in [4.69, 9.17) is 4.74 Å². The highest BCUT2D eigenvalue weighted by molar-refractivity contribution is 5.83. The van der Waals surface area contributed by atoms with E-state index in [1.54, 1.807) is 23.1 Å². The number of halogens is 1. The predicted octanol–water partition coefficient (Wildman–Crippen LogP) is 2.00. The number of benzene rings is 1. The van der Waals surface area contributed by atoms with E-state index in [1.165, 1.54) is 6.07 Å². The molecule has 144 valence electrons. The van der Waals surface area contributed by atoms with Gasteiger partial charge in [0.25, 0.3) is 0 Å². The lowest BCUT2D eigenvalue weighted by Gasteiger charge is -2.38. The summed E-state index contributed by atoms with van der Waals surface area (Å²) in [6.07, 6.45) is 2.03. The fourth-order valence-corrected chi connectivity index (χ4v) is 3.99. The summed E-state index contributed by atoms with van der Waals surface area (Å²) >= 11 is 0. The second kappa shape index (κ2) is 8.93. The zero-order valence-electron chi connectivity index (χ0n) is 15.9. The number of nitrogens with zero attached hydrogens (tertiary/aromatic N) is 3. The summed E-state index contributed by atoms with van der Waals surface area (Å²) in [5.41, 5.74) is 0.456. The molecule has 2 heterocycles. The lowest BCUT2D eigenvalue weighted by molar-refractivity contribution is -0.138. The lowest BCUT2D eigenvalue weighted by Crippen LogP contribution is -2.47. The maximum absolute atomic E-state index is 14.2. The quantitative estimate of drug-likeness (QED) is 0.802. The zero-order chi connectivity index (χ0) is 18.5. The average Bonchev–Trinajstić information content (AvgIpc) is 2.64. The van der Waals surface area contributed by atoms with Gasteiger partial charge >= 0.3 is 0 Å². The van der Waals surface area contributed by atoms with Crippen LogP contribution in [-0.2, 0) is 9.53 Å². The van der Waals surface area contributed by atoms with Crippen LogP contribution in [0.3, 0.4) is 0 Å². The van der Waals surface area contributed by atoms with Crippen molar-refractivity contribution in [2.24, 2.45) is 5.92 Å². The smallest absolute Gasteiger partial charge is 0.244 e. The fourth-order valence-electron chi connectivity index (χ4n) is 3.99. The third-order valence-electron chi connectivity index (χ3n) is 5.50. The van der Waals surface area contributed by atoms with E-state index >= 15 is 0 Å². The Labute approximate surface area is 155 Å². The highest BCUT2D eigenvalue weighted by Crippen LogP contribution is 2.27. The van der Waals surface area contributed by atoms with Crippen molar-refractivity contribution in [3.63, 3.8) is 0 Å². The molecule has 6 heteroatoms. The first-order chi connectivity index (χ1) is 12.6. The number of hydrogen-bond acceptors (Lipinski definition) is 4. The molecule has 3 rings (SSSR count). The number of amides is 1. The number of ether oxygens (including phenoxy) is 1. The van der Waals surface area contributed by atoms with Crippen molar-refractivity contribution in [3.8, 4) is 0 Å². The van der Waals surface area contributed by atoms with Gasteiger partial charge in [-0.2, -0.15) is 0 Å². The van der Waals surface area contributed by atoms with Crippen LogP contribution in [0, 0.1) is 11.7 Å². The van der Waals surface area contributed by atoms with Crippen molar-refractivity contribution in [2.45, 2.75) is 18.9 Å². The van der Waals surface area contributed by atoms with Crippen LogP contribution in [0.4, 0.5) is 4.39 Å². The minimum absolute atomic E-state index is 0.00456. The fraction of sp³-hybridized carbons (Fsp3) is 0.650. The molecule has 0 saturated carbocycles. The molecule has 1 atom stereocenters. The topological polar surface area (TPSA) is 36.0 Å². The molecule has 0 unspecified atom stereocenters. The van der Waals surface area contributed by atoms with Gasteiger partial charge in [0.15, 0.2) is 0 Å². The van der Waals surface area contributed by atoms with Crippen molar-refractivity contribution in [1.82, 2.24) is 14.7 Å². The second-order valence-electron chi connectivity index (χ2n) is 7.57. The Morgan fingerprint density at radius 2 is 1.85 bits per heavy atom. The van der Waals surface area contributed by atoms with Gasteiger partial charge in [-0.25, -0.2) is 4.39 Å². The van der Waals surface area contributed by atoms with E-state index in [0.717, 1.165) is 58.8 Å². The summed E-state index contributed by atoms with van der Waals surface area (Å²) in [5.74, 6) is 0.315. The summed E-state index contributed by atoms with van der Waals surface area (Å²) in [6.45, 7) is 6.27. The Morgan fingerprint density at radius 3 is 2.46 bits per heavy atom. The molecule has 2 aliphatic rings. The summed E-state index contributed by atoms with van der Waals surface area (Å²) < 4.78 is 19.6. The summed E-state index contributed by atoms with van der Waals surface area (Å²) in [5, 5.41) is 0. The molecule has 2 aliphatic heterocycles. The highest BCUT2D eigenvalue weighted by atomic mass is 19.1. The normalized spacial score (nSPS) is 21.2. The van der Waals surface area contributed by atoms with Crippen LogP contribution >= 0.6 is 0 Å². The number of hydrogen-bond donors (Lipinski definition) is 0. The van der Waals surface area contributed by atoms with Crippen molar-refractivity contribution >= 4 is 5.91 Å². The molecule has 2 saturated heterocycles. The van der Waals surface area contributed by atoms with Crippen LogP contribution < -0.4 is 0 Å². The standard InChI is InChI=1S/C20H30FN3O2/c1-22(2)19(17-5-3-4-6-18(17)21)20(25)24-9-7-16(8-10-24)15-23-11-13-26-14-12-23/h3-6,16,19H,7-15H2,1-2H3/t19-/m1/s1.